The normalized spacial score (nSPS) is 26.4. The molecule has 1 aliphatic heterocycles. The second kappa shape index (κ2) is 12.3. The molecule has 0 amide bonds. The van der Waals surface area contributed by atoms with Gasteiger partial charge in [-0.15, -0.1) is 24.0 Å². The van der Waals surface area contributed by atoms with Gasteiger partial charge in [-0.1, -0.05) is 20.8 Å². The Bertz CT molecular complexity index is 372. The van der Waals surface area contributed by atoms with Gasteiger partial charge in [-0.3, -0.25) is 9.89 Å². The Hall–Kier alpha value is -0.0800. The third-order valence-corrected chi connectivity index (χ3v) is 5.91. The molecule has 0 aromatic carbocycles. The molecule has 25 heavy (non-hydrogen) atoms. The van der Waals surface area contributed by atoms with Crippen LogP contribution in [-0.4, -0.2) is 74.7 Å². The fourth-order valence-electron chi connectivity index (χ4n) is 3.98. The number of guanidine groups is 1. The maximum atomic E-state index is 4.41. The van der Waals surface area contributed by atoms with Crippen molar-refractivity contribution in [1.82, 2.24) is 20.4 Å². The molecule has 1 aliphatic carbocycles. The number of aliphatic imine (C=N–C) groups is 1. The average molecular weight is 465 g/mol. The van der Waals surface area contributed by atoms with Gasteiger partial charge in [-0.25, -0.2) is 0 Å². The Morgan fingerprint density at radius 2 is 1.64 bits per heavy atom. The third kappa shape index (κ3) is 7.99. The van der Waals surface area contributed by atoms with Crippen LogP contribution in [0.5, 0.6) is 0 Å². The van der Waals surface area contributed by atoms with Crippen LogP contribution < -0.4 is 10.6 Å². The van der Waals surface area contributed by atoms with Crippen molar-refractivity contribution < 1.29 is 0 Å². The molecular formula is C19H40IN5. The number of halogens is 1. The van der Waals surface area contributed by atoms with Crippen LogP contribution >= 0.6 is 24.0 Å². The van der Waals surface area contributed by atoms with Crippen LogP contribution in [0.4, 0.5) is 0 Å². The minimum atomic E-state index is 0. The summed E-state index contributed by atoms with van der Waals surface area (Å²) in [6, 6.07) is 0.597. The van der Waals surface area contributed by atoms with Gasteiger partial charge in [-0.05, 0) is 44.1 Å². The zero-order valence-electron chi connectivity index (χ0n) is 16.8. The van der Waals surface area contributed by atoms with Crippen molar-refractivity contribution in [3.8, 4) is 0 Å². The number of hydrogen-bond donors (Lipinski definition) is 2. The predicted molar refractivity (Wildman–Crippen MR) is 119 cm³/mol. The largest absolute Gasteiger partial charge is 0.355 e. The Balaban J connectivity index is 0.00000312. The fraction of sp³-hybridized carbons (Fsp3) is 0.947. The summed E-state index contributed by atoms with van der Waals surface area (Å²) in [6.45, 7) is 15.1. The van der Waals surface area contributed by atoms with E-state index in [0.717, 1.165) is 30.9 Å². The van der Waals surface area contributed by atoms with Gasteiger partial charge in [-0.2, -0.15) is 0 Å². The van der Waals surface area contributed by atoms with Gasteiger partial charge in [0.2, 0.25) is 0 Å². The van der Waals surface area contributed by atoms with Gasteiger partial charge in [0.15, 0.2) is 5.96 Å². The molecule has 148 valence electrons. The molecule has 1 saturated carbocycles. The smallest absolute Gasteiger partial charge is 0.191 e. The molecule has 0 aromatic heterocycles. The lowest BCUT2D eigenvalue weighted by molar-refractivity contribution is 0.139. The van der Waals surface area contributed by atoms with E-state index in [1.807, 2.05) is 7.05 Å². The van der Waals surface area contributed by atoms with Crippen LogP contribution in [0.25, 0.3) is 0 Å². The van der Waals surface area contributed by atoms with Crippen LogP contribution in [0, 0.1) is 11.8 Å². The summed E-state index contributed by atoms with van der Waals surface area (Å²) in [4.78, 5) is 9.49. The summed E-state index contributed by atoms with van der Waals surface area (Å²) < 4.78 is 0. The van der Waals surface area contributed by atoms with Crippen molar-refractivity contribution in [3.63, 3.8) is 0 Å². The molecule has 0 unspecified atom stereocenters. The van der Waals surface area contributed by atoms with E-state index in [0.29, 0.717) is 6.04 Å². The Kier molecular flexibility index (Phi) is 11.3. The quantitative estimate of drug-likeness (QED) is 0.360. The highest BCUT2D eigenvalue weighted by Gasteiger charge is 2.23. The summed E-state index contributed by atoms with van der Waals surface area (Å²) in [7, 11) is 1.88. The molecule has 2 fully saturated rings. The number of rotatable bonds is 6. The van der Waals surface area contributed by atoms with Crippen LogP contribution in [0.15, 0.2) is 4.99 Å². The number of nitrogens with zero attached hydrogens (tertiary/aromatic N) is 3. The maximum Gasteiger partial charge on any atom is 0.191 e. The average Bonchev–Trinajstić information content (AvgIpc) is 2.61. The van der Waals surface area contributed by atoms with E-state index >= 15 is 0 Å². The highest BCUT2D eigenvalue weighted by molar-refractivity contribution is 14.0. The van der Waals surface area contributed by atoms with Gasteiger partial charge in [0, 0.05) is 52.4 Å². The predicted octanol–water partition coefficient (Wildman–Crippen LogP) is 2.62. The first kappa shape index (κ1) is 23.0. The molecule has 0 spiro atoms. The van der Waals surface area contributed by atoms with Crippen LogP contribution in [0.1, 0.15) is 46.5 Å². The van der Waals surface area contributed by atoms with E-state index in [1.54, 1.807) is 0 Å². The lowest BCUT2D eigenvalue weighted by Crippen LogP contribution is -2.50. The van der Waals surface area contributed by atoms with Crippen molar-refractivity contribution in [3.05, 3.63) is 0 Å². The van der Waals surface area contributed by atoms with Crippen molar-refractivity contribution >= 4 is 29.9 Å². The lowest BCUT2D eigenvalue weighted by Gasteiger charge is -2.34. The highest BCUT2D eigenvalue weighted by Crippen LogP contribution is 2.29. The number of piperazine rings is 1. The van der Waals surface area contributed by atoms with Crippen molar-refractivity contribution in [2.24, 2.45) is 16.8 Å². The van der Waals surface area contributed by atoms with Gasteiger partial charge >= 0.3 is 0 Å². The lowest BCUT2D eigenvalue weighted by atomic mass is 9.80. The number of nitrogens with one attached hydrogen (secondary N) is 2. The number of hydrogen-bond acceptors (Lipinski definition) is 3. The van der Waals surface area contributed by atoms with E-state index in [9.17, 15) is 0 Å². The zero-order valence-corrected chi connectivity index (χ0v) is 19.1. The summed E-state index contributed by atoms with van der Waals surface area (Å²) in [5.41, 5.74) is 0. The minimum Gasteiger partial charge on any atom is -0.355 e. The molecule has 0 radical (unpaired) electrons. The molecule has 1 saturated heterocycles. The highest BCUT2D eigenvalue weighted by atomic mass is 127. The van der Waals surface area contributed by atoms with E-state index in [4.69, 9.17) is 0 Å². The molecule has 5 nitrogen and oxygen atoms in total. The van der Waals surface area contributed by atoms with Crippen LogP contribution in [0.2, 0.25) is 0 Å². The first-order valence-corrected chi connectivity index (χ1v) is 10.0. The second-order valence-electron chi connectivity index (χ2n) is 7.77. The molecule has 1 heterocycles. The van der Waals surface area contributed by atoms with Crippen LogP contribution in [-0.2, 0) is 0 Å². The molecule has 0 bridgehead atoms. The van der Waals surface area contributed by atoms with E-state index < -0.39 is 0 Å². The fourth-order valence-corrected chi connectivity index (χ4v) is 3.98. The molecule has 2 rings (SSSR count). The SMILES string of the molecule is CCN1CCN(CCNC(=NC)NC2CCC(C(C)C)CC2)CC1.I. The van der Waals surface area contributed by atoms with Gasteiger partial charge in [0.1, 0.15) is 0 Å². The second-order valence-corrected chi connectivity index (χ2v) is 7.77. The van der Waals surface area contributed by atoms with E-state index in [1.165, 1.54) is 58.4 Å². The number of likely N-dealkylation sites (N-methyl/N-ethyl adjacent to an activating group) is 1. The van der Waals surface area contributed by atoms with Gasteiger partial charge < -0.3 is 15.5 Å². The van der Waals surface area contributed by atoms with Crippen molar-refractivity contribution in [2.75, 3.05) is 52.9 Å². The summed E-state index contributed by atoms with van der Waals surface area (Å²) in [5, 5.41) is 7.14. The monoisotopic (exact) mass is 465 g/mol. The summed E-state index contributed by atoms with van der Waals surface area (Å²) in [5.74, 6) is 2.73. The van der Waals surface area contributed by atoms with E-state index in [-0.39, 0.29) is 24.0 Å². The Morgan fingerprint density at radius 1 is 1.04 bits per heavy atom. The molecular weight excluding hydrogens is 425 g/mol. The van der Waals surface area contributed by atoms with E-state index in [2.05, 4.69) is 46.2 Å². The van der Waals surface area contributed by atoms with Gasteiger partial charge in [0.25, 0.3) is 0 Å². The van der Waals surface area contributed by atoms with Crippen LogP contribution in [0.3, 0.4) is 0 Å². The Morgan fingerprint density at radius 3 is 2.16 bits per heavy atom. The topological polar surface area (TPSA) is 42.9 Å². The minimum absolute atomic E-state index is 0. The standard InChI is InChI=1S/C19H39N5.HI/c1-5-23-12-14-24(15-13-23)11-10-21-19(20-4)22-18-8-6-17(7-9-18)16(2)3;/h16-18H,5-15H2,1-4H3,(H2,20,21,22);1H. The maximum absolute atomic E-state index is 4.41. The molecule has 0 atom stereocenters. The first-order chi connectivity index (χ1) is 11.6. The van der Waals surface area contributed by atoms with Gasteiger partial charge in [0.05, 0.1) is 0 Å². The molecule has 2 aliphatic rings. The van der Waals surface area contributed by atoms with Crippen molar-refractivity contribution in [2.45, 2.75) is 52.5 Å². The van der Waals surface area contributed by atoms with Crippen molar-refractivity contribution in [1.29, 1.82) is 0 Å². The Labute approximate surface area is 172 Å². The third-order valence-electron chi connectivity index (χ3n) is 5.91. The summed E-state index contributed by atoms with van der Waals surface area (Å²) >= 11 is 0. The zero-order chi connectivity index (χ0) is 17.4. The summed E-state index contributed by atoms with van der Waals surface area (Å²) in [6.07, 6.45) is 5.27. The molecule has 6 heteroatoms. The first-order valence-electron chi connectivity index (χ1n) is 10.0. The molecule has 0 aromatic rings. The molecule has 2 N–H and O–H groups in total.